The fourth-order valence-corrected chi connectivity index (χ4v) is 3.06. The first-order valence-electron chi connectivity index (χ1n) is 10.1. The monoisotopic (exact) mass is 452 g/mol. The second kappa shape index (κ2) is 13.0. The van der Waals surface area contributed by atoms with Gasteiger partial charge in [-0.25, -0.2) is 4.79 Å². The van der Waals surface area contributed by atoms with Crippen LogP contribution >= 0.6 is 12.6 Å². The van der Waals surface area contributed by atoms with Crippen molar-refractivity contribution >= 4 is 36.3 Å². The molecule has 1 rings (SSSR count). The quantitative estimate of drug-likeness (QED) is 0.247. The Labute approximate surface area is 187 Å². The van der Waals surface area contributed by atoms with Crippen molar-refractivity contribution in [3.63, 3.8) is 0 Å². The summed E-state index contributed by atoms with van der Waals surface area (Å²) in [6, 6.07) is 5.19. The summed E-state index contributed by atoms with van der Waals surface area (Å²) in [7, 11) is 0. The van der Waals surface area contributed by atoms with Gasteiger partial charge in [0.15, 0.2) is 0 Å². The van der Waals surface area contributed by atoms with Gasteiger partial charge in [0.25, 0.3) is 0 Å². The van der Waals surface area contributed by atoms with E-state index in [1.54, 1.807) is 0 Å². The van der Waals surface area contributed by atoms with Crippen molar-refractivity contribution in [3.8, 4) is 0 Å². The maximum absolute atomic E-state index is 12.9. The van der Waals surface area contributed by atoms with E-state index in [1.807, 2.05) is 44.2 Å². The number of amides is 3. The SMILES string of the molecule is CC(C)CC(N)C(=O)NC(Cc1ccccc1)C(=O)NC(C)C(=O)NC(CS)C(=O)O. The van der Waals surface area contributed by atoms with Gasteiger partial charge in [-0.15, -0.1) is 0 Å². The maximum Gasteiger partial charge on any atom is 0.327 e. The number of nitrogens with two attached hydrogens (primary N) is 1. The predicted octanol–water partition coefficient (Wildman–Crippen LogP) is 0.0912. The number of aliphatic carboxylic acids is 1. The highest BCUT2D eigenvalue weighted by atomic mass is 32.1. The zero-order valence-electron chi connectivity index (χ0n) is 18.0. The molecule has 9 nitrogen and oxygen atoms in total. The number of nitrogens with one attached hydrogen (secondary N) is 3. The predicted molar refractivity (Wildman–Crippen MR) is 121 cm³/mol. The number of carboxylic acid groups (broad SMARTS) is 1. The molecule has 4 atom stereocenters. The Hall–Kier alpha value is -2.59. The van der Waals surface area contributed by atoms with Gasteiger partial charge in [0, 0.05) is 12.2 Å². The third-order valence-corrected chi connectivity index (χ3v) is 4.89. The number of carboxylic acids is 1. The summed E-state index contributed by atoms with van der Waals surface area (Å²) < 4.78 is 0. The maximum atomic E-state index is 12.9. The normalized spacial score (nSPS) is 14.8. The molecule has 0 saturated heterocycles. The van der Waals surface area contributed by atoms with Gasteiger partial charge in [-0.2, -0.15) is 12.6 Å². The number of hydrogen-bond acceptors (Lipinski definition) is 6. The molecule has 3 amide bonds. The van der Waals surface area contributed by atoms with E-state index in [0.29, 0.717) is 6.42 Å². The molecule has 0 aliphatic carbocycles. The first kappa shape index (κ1) is 26.4. The third-order valence-electron chi connectivity index (χ3n) is 4.53. The van der Waals surface area contributed by atoms with Gasteiger partial charge in [-0.05, 0) is 24.8 Å². The second-order valence-corrected chi connectivity index (χ2v) is 8.16. The highest BCUT2D eigenvalue weighted by Gasteiger charge is 2.28. The largest absolute Gasteiger partial charge is 0.480 e. The molecular formula is C21H32N4O5S. The van der Waals surface area contributed by atoms with Crippen molar-refractivity contribution in [1.82, 2.24) is 16.0 Å². The Balaban J connectivity index is 2.88. The highest BCUT2D eigenvalue weighted by molar-refractivity contribution is 7.80. The lowest BCUT2D eigenvalue weighted by atomic mass is 10.0. The topological polar surface area (TPSA) is 151 Å². The van der Waals surface area contributed by atoms with E-state index in [0.717, 1.165) is 5.56 Å². The van der Waals surface area contributed by atoms with Crippen molar-refractivity contribution in [3.05, 3.63) is 35.9 Å². The van der Waals surface area contributed by atoms with Crippen LogP contribution in [0.3, 0.4) is 0 Å². The first-order chi connectivity index (χ1) is 14.5. The van der Waals surface area contributed by atoms with Crippen LogP contribution < -0.4 is 21.7 Å². The molecule has 0 bridgehead atoms. The van der Waals surface area contributed by atoms with Gasteiger partial charge in [-0.1, -0.05) is 44.2 Å². The molecule has 172 valence electrons. The van der Waals surface area contributed by atoms with Crippen molar-refractivity contribution in [2.75, 3.05) is 5.75 Å². The van der Waals surface area contributed by atoms with Crippen molar-refractivity contribution in [2.45, 2.75) is 57.8 Å². The molecule has 4 unspecified atom stereocenters. The van der Waals surface area contributed by atoms with Crippen molar-refractivity contribution in [2.24, 2.45) is 11.7 Å². The number of carbonyl (C=O) groups excluding carboxylic acids is 3. The molecule has 1 aromatic rings. The average molecular weight is 453 g/mol. The molecule has 31 heavy (non-hydrogen) atoms. The Bertz CT molecular complexity index is 759. The Kier molecular flexibility index (Phi) is 11.1. The molecule has 0 heterocycles. The second-order valence-electron chi connectivity index (χ2n) is 7.80. The summed E-state index contributed by atoms with van der Waals surface area (Å²) in [5.41, 5.74) is 6.76. The van der Waals surface area contributed by atoms with E-state index in [9.17, 15) is 19.2 Å². The summed E-state index contributed by atoms with van der Waals surface area (Å²) in [4.78, 5) is 48.7. The van der Waals surface area contributed by atoms with Gasteiger partial charge in [0.05, 0.1) is 6.04 Å². The lowest BCUT2D eigenvalue weighted by Gasteiger charge is -2.24. The molecule has 0 aliphatic rings. The molecule has 0 aliphatic heterocycles. The van der Waals surface area contributed by atoms with Crippen LogP contribution in [0.25, 0.3) is 0 Å². The summed E-state index contributed by atoms with van der Waals surface area (Å²) in [6.45, 7) is 5.31. The zero-order chi connectivity index (χ0) is 23.6. The van der Waals surface area contributed by atoms with E-state index in [2.05, 4.69) is 28.6 Å². The van der Waals surface area contributed by atoms with E-state index < -0.39 is 47.9 Å². The fourth-order valence-electron chi connectivity index (χ4n) is 2.81. The Morgan fingerprint density at radius 2 is 1.52 bits per heavy atom. The van der Waals surface area contributed by atoms with E-state index in [4.69, 9.17) is 10.8 Å². The molecule has 6 N–H and O–H groups in total. The van der Waals surface area contributed by atoms with E-state index >= 15 is 0 Å². The number of hydrogen-bond donors (Lipinski definition) is 6. The van der Waals surface area contributed by atoms with E-state index in [-0.39, 0.29) is 18.1 Å². The average Bonchev–Trinajstić information content (AvgIpc) is 2.70. The smallest absolute Gasteiger partial charge is 0.327 e. The summed E-state index contributed by atoms with van der Waals surface area (Å²) in [6.07, 6.45) is 0.667. The highest BCUT2D eigenvalue weighted by Crippen LogP contribution is 2.07. The molecule has 10 heteroatoms. The van der Waals surface area contributed by atoms with Gasteiger partial charge < -0.3 is 26.8 Å². The van der Waals surface area contributed by atoms with Crippen LogP contribution in [-0.4, -0.2) is 58.7 Å². The van der Waals surface area contributed by atoms with Crippen LogP contribution in [0.4, 0.5) is 0 Å². The van der Waals surface area contributed by atoms with E-state index in [1.165, 1.54) is 6.92 Å². The standard InChI is InChI=1S/C21H32N4O5S/c1-12(2)9-15(22)19(27)24-16(10-14-7-5-4-6-8-14)20(28)23-13(3)18(26)25-17(11-31)21(29)30/h4-8,12-13,15-17,31H,9-11,22H2,1-3H3,(H,23,28)(H,24,27)(H,25,26)(H,29,30). The van der Waals surface area contributed by atoms with Crippen LogP contribution in [0, 0.1) is 5.92 Å². The summed E-state index contributed by atoms with van der Waals surface area (Å²) in [5, 5.41) is 16.5. The minimum atomic E-state index is -1.23. The minimum Gasteiger partial charge on any atom is -0.480 e. The van der Waals surface area contributed by atoms with Crippen LogP contribution in [0.2, 0.25) is 0 Å². The molecular weight excluding hydrogens is 420 g/mol. The molecule has 0 aromatic heterocycles. The van der Waals surface area contributed by atoms with Gasteiger partial charge in [0.2, 0.25) is 17.7 Å². The van der Waals surface area contributed by atoms with Gasteiger partial charge in [-0.3, -0.25) is 14.4 Å². The molecule has 0 fully saturated rings. The first-order valence-corrected chi connectivity index (χ1v) is 10.7. The van der Waals surface area contributed by atoms with Gasteiger partial charge in [0.1, 0.15) is 18.1 Å². The Morgan fingerprint density at radius 3 is 2.03 bits per heavy atom. The Morgan fingerprint density at radius 1 is 0.935 bits per heavy atom. The van der Waals surface area contributed by atoms with Crippen LogP contribution in [0.5, 0.6) is 0 Å². The lowest BCUT2D eigenvalue weighted by Crippen LogP contribution is -2.57. The zero-order valence-corrected chi connectivity index (χ0v) is 18.9. The number of carbonyl (C=O) groups is 4. The van der Waals surface area contributed by atoms with Crippen LogP contribution in [0.15, 0.2) is 30.3 Å². The lowest BCUT2D eigenvalue weighted by molar-refractivity contribution is -0.141. The minimum absolute atomic E-state index is 0.0951. The van der Waals surface area contributed by atoms with Gasteiger partial charge >= 0.3 is 5.97 Å². The summed E-state index contributed by atoms with van der Waals surface area (Å²) in [5.74, 6) is -2.81. The molecule has 0 saturated carbocycles. The molecule has 0 radical (unpaired) electrons. The van der Waals surface area contributed by atoms with Crippen molar-refractivity contribution < 1.29 is 24.3 Å². The van der Waals surface area contributed by atoms with Crippen molar-refractivity contribution in [1.29, 1.82) is 0 Å². The van der Waals surface area contributed by atoms with Crippen LogP contribution in [-0.2, 0) is 25.6 Å². The fraction of sp³-hybridized carbons (Fsp3) is 0.524. The molecule has 0 spiro atoms. The molecule has 1 aromatic carbocycles. The number of thiol groups is 1. The van der Waals surface area contributed by atoms with Crippen LogP contribution in [0.1, 0.15) is 32.8 Å². The summed E-state index contributed by atoms with van der Waals surface area (Å²) >= 11 is 3.89. The third kappa shape index (κ3) is 9.39. The number of benzene rings is 1. The number of rotatable bonds is 12.